The van der Waals surface area contributed by atoms with E-state index in [1.807, 2.05) is 4.68 Å². The second kappa shape index (κ2) is 4.15. The van der Waals surface area contributed by atoms with E-state index in [9.17, 15) is 0 Å². The van der Waals surface area contributed by atoms with E-state index in [-0.39, 0.29) is 6.42 Å². The van der Waals surface area contributed by atoms with Gasteiger partial charge in [0.15, 0.2) is 0 Å². The van der Waals surface area contributed by atoms with Gasteiger partial charge in [-0.25, -0.2) is 4.68 Å². The van der Waals surface area contributed by atoms with Gasteiger partial charge in [-0.15, -0.1) is 0 Å². The number of aromatic nitrogens is 2. The van der Waals surface area contributed by atoms with Crippen molar-refractivity contribution < 1.29 is 0 Å². The minimum Gasteiger partial charge on any atom is -0.394 e. The smallest absolute Gasteiger partial charge is 0.145 e. The number of nitrogens with two attached hydrogens (primary N) is 2. The molecule has 1 heterocycles. The molecule has 106 valence electrons. The third-order valence-corrected chi connectivity index (χ3v) is 5.77. The molecule has 0 saturated heterocycles. The fourth-order valence-corrected chi connectivity index (χ4v) is 5.24. The summed E-state index contributed by atoms with van der Waals surface area (Å²) in [5.74, 6) is 3.86. The number of hydrogen-bond acceptors (Lipinski definition) is 4. The molecule has 1 aromatic heterocycles. The molecule has 1 aromatic rings. The summed E-state index contributed by atoms with van der Waals surface area (Å²) in [5, 5.41) is 13.5. The topological polar surface area (TPSA) is 93.6 Å². The zero-order valence-electron chi connectivity index (χ0n) is 11.6. The van der Waals surface area contributed by atoms with Gasteiger partial charge in [0.1, 0.15) is 11.5 Å². The Morgan fingerprint density at radius 3 is 2.25 bits per heavy atom. The SMILES string of the molecule is N#CCc1nn(C2C3CC4CC(C3)CC2C4)c(N)c1N. The van der Waals surface area contributed by atoms with E-state index in [1.54, 1.807) is 0 Å². The molecule has 5 nitrogen and oxygen atoms in total. The first-order chi connectivity index (χ1) is 9.67. The highest BCUT2D eigenvalue weighted by molar-refractivity contribution is 5.63. The van der Waals surface area contributed by atoms with E-state index in [0.29, 0.717) is 35.1 Å². The number of hydrogen-bond donors (Lipinski definition) is 2. The van der Waals surface area contributed by atoms with Crippen molar-refractivity contribution in [2.45, 2.75) is 44.6 Å². The van der Waals surface area contributed by atoms with Gasteiger partial charge in [0.05, 0.1) is 24.2 Å². The van der Waals surface area contributed by atoms with Crippen molar-refractivity contribution in [2.75, 3.05) is 11.5 Å². The standard InChI is InChI=1S/C15H21N5/c16-2-1-12-13(17)15(18)20(19-12)14-10-4-8-3-9(6-10)7-11(14)5-8/h8-11,14H,1,3-7,17-18H2. The molecule has 4 N–H and O–H groups in total. The molecular formula is C15H21N5. The van der Waals surface area contributed by atoms with Gasteiger partial charge in [0, 0.05) is 0 Å². The van der Waals surface area contributed by atoms with Crippen LogP contribution < -0.4 is 11.5 Å². The Morgan fingerprint density at radius 2 is 1.70 bits per heavy atom. The number of nitrogens with zero attached hydrogens (tertiary/aromatic N) is 3. The maximum atomic E-state index is 8.86. The zero-order chi connectivity index (χ0) is 13.9. The lowest BCUT2D eigenvalue weighted by Crippen LogP contribution is -2.46. The quantitative estimate of drug-likeness (QED) is 0.861. The van der Waals surface area contributed by atoms with E-state index < -0.39 is 0 Å². The largest absolute Gasteiger partial charge is 0.394 e. The summed E-state index contributed by atoms with van der Waals surface area (Å²) < 4.78 is 1.97. The summed E-state index contributed by atoms with van der Waals surface area (Å²) in [5.41, 5.74) is 13.4. The van der Waals surface area contributed by atoms with Gasteiger partial charge in [-0.3, -0.25) is 0 Å². The van der Waals surface area contributed by atoms with Crippen molar-refractivity contribution in [2.24, 2.45) is 23.7 Å². The molecule has 0 aliphatic heterocycles. The van der Waals surface area contributed by atoms with Crippen LogP contribution in [0.5, 0.6) is 0 Å². The summed E-state index contributed by atoms with van der Waals surface area (Å²) in [6.45, 7) is 0. The Labute approximate surface area is 118 Å². The highest BCUT2D eigenvalue weighted by atomic mass is 15.3. The molecule has 0 amide bonds. The molecule has 20 heavy (non-hydrogen) atoms. The Kier molecular flexibility index (Phi) is 2.50. The molecule has 4 bridgehead atoms. The lowest BCUT2D eigenvalue weighted by Gasteiger charge is -2.54. The Morgan fingerprint density at radius 1 is 1.10 bits per heavy atom. The minimum absolute atomic E-state index is 0.246. The number of anilines is 2. The highest BCUT2D eigenvalue weighted by Crippen LogP contribution is 2.58. The van der Waals surface area contributed by atoms with Gasteiger partial charge >= 0.3 is 0 Å². The maximum absolute atomic E-state index is 8.86. The molecule has 5 rings (SSSR count). The summed E-state index contributed by atoms with van der Waals surface area (Å²) in [4.78, 5) is 0. The predicted octanol–water partition coefficient (Wildman–Crippen LogP) is 2.11. The Balaban J connectivity index is 1.71. The van der Waals surface area contributed by atoms with Crippen LogP contribution >= 0.6 is 0 Å². The lowest BCUT2D eigenvalue weighted by molar-refractivity contribution is -0.0328. The summed E-state index contributed by atoms with van der Waals surface area (Å²) >= 11 is 0. The van der Waals surface area contributed by atoms with Crippen molar-refractivity contribution in [3.8, 4) is 6.07 Å². The first-order valence-electron chi connectivity index (χ1n) is 7.66. The van der Waals surface area contributed by atoms with E-state index in [2.05, 4.69) is 11.2 Å². The molecule has 0 unspecified atom stereocenters. The van der Waals surface area contributed by atoms with Crippen LogP contribution in [0, 0.1) is 35.0 Å². The second-order valence-corrected chi connectivity index (χ2v) is 6.95. The Hall–Kier alpha value is -1.70. The van der Waals surface area contributed by atoms with Crippen molar-refractivity contribution in [3.63, 3.8) is 0 Å². The van der Waals surface area contributed by atoms with Crippen molar-refractivity contribution in [3.05, 3.63) is 5.69 Å². The number of nitriles is 1. The van der Waals surface area contributed by atoms with E-state index >= 15 is 0 Å². The normalized spacial score (nSPS) is 38.0. The first-order valence-corrected chi connectivity index (χ1v) is 7.66. The first kappa shape index (κ1) is 12.1. The Bertz CT molecular complexity index is 554. The molecule has 4 saturated carbocycles. The number of nitrogen functional groups attached to an aromatic ring is 2. The minimum atomic E-state index is 0.246. The summed E-state index contributed by atoms with van der Waals surface area (Å²) in [6.07, 6.45) is 6.98. The monoisotopic (exact) mass is 271 g/mol. The molecular weight excluding hydrogens is 250 g/mol. The molecule has 4 aliphatic rings. The van der Waals surface area contributed by atoms with E-state index in [0.717, 1.165) is 11.8 Å². The van der Waals surface area contributed by atoms with Crippen molar-refractivity contribution in [1.82, 2.24) is 9.78 Å². The van der Waals surface area contributed by atoms with Crippen molar-refractivity contribution >= 4 is 11.5 Å². The lowest BCUT2D eigenvalue weighted by atomic mass is 9.54. The van der Waals surface area contributed by atoms with Gasteiger partial charge in [-0.2, -0.15) is 10.4 Å². The summed E-state index contributed by atoms with van der Waals surface area (Å²) in [7, 11) is 0. The van der Waals surface area contributed by atoms with Crippen LogP contribution in [-0.2, 0) is 6.42 Å². The van der Waals surface area contributed by atoms with Crippen molar-refractivity contribution in [1.29, 1.82) is 5.26 Å². The van der Waals surface area contributed by atoms with Gasteiger partial charge in [0.25, 0.3) is 0 Å². The van der Waals surface area contributed by atoms with Crippen LogP contribution in [0.25, 0.3) is 0 Å². The average Bonchev–Trinajstić information content (AvgIpc) is 2.67. The zero-order valence-corrected chi connectivity index (χ0v) is 11.6. The van der Waals surface area contributed by atoms with Gasteiger partial charge < -0.3 is 11.5 Å². The predicted molar refractivity (Wildman–Crippen MR) is 76.5 cm³/mol. The number of rotatable bonds is 2. The van der Waals surface area contributed by atoms with Crippen LogP contribution in [0.15, 0.2) is 0 Å². The van der Waals surface area contributed by atoms with Crippen LogP contribution in [0.3, 0.4) is 0 Å². The highest BCUT2D eigenvalue weighted by Gasteiger charge is 2.49. The fraction of sp³-hybridized carbons (Fsp3) is 0.733. The third-order valence-electron chi connectivity index (χ3n) is 5.77. The maximum Gasteiger partial charge on any atom is 0.145 e. The average molecular weight is 271 g/mol. The van der Waals surface area contributed by atoms with Gasteiger partial charge in [0.2, 0.25) is 0 Å². The molecule has 0 radical (unpaired) electrons. The molecule has 0 atom stereocenters. The van der Waals surface area contributed by atoms with Crippen LogP contribution in [0.2, 0.25) is 0 Å². The third kappa shape index (κ3) is 1.57. The molecule has 4 fully saturated rings. The van der Waals surface area contributed by atoms with Crippen LogP contribution in [-0.4, -0.2) is 9.78 Å². The van der Waals surface area contributed by atoms with Gasteiger partial charge in [-0.1, -0.05) is 0 Å². The molecule has 0 spiro atoms. The van der Waals surface area contributed by atoms with E-state index in [1.165, 1.54) is 32.1 Å². The second-order valence-electron chi connectivity index (χ2n) is 6.95. The molecule has 5 heteroatoms. The van der Waals surface area contributed by atoms with Crippen LogP contribution in [0.1, 0.15) is 43.8 Å². The fourth-order valence-electron chi connectivity index (χ4n) is 5.24. The molecule has 0 aromatic carbocycles. The summed E-state index contributed by atoms with van der Waals surface area (Å²) in [6, 6.07) is 2.54. The molecule has 4 aliphatic carbocycles. The van der Waals surface area contributed by atoms with E-state index in [4.69, 9.17) is 16.7 Å². The van der Waals surface area contributed by atoms with Gasteiger partial charge in [-0.05, 0) is 55.8 Å². The van der Waals surface area contributed by atoms with Crippen LogP contribution in [0.4, 0.5) is 11.5 Å².